The van der Waals surface area contributed by atoms with E-state index in [4.69, 9.17) is 5.11 Å². The van der Waals surface area contributed by atoms with Crippen LogP contribution in [0.1, 0.15) is 25.3 Å². The number of aryl methyl sites for hydroxylation is 1. The molecule has 0 heterocycles. The van der Waals surface area contributed by atoms with Crippen LogP contribution in [-0.4, -0.2) is 17.6 Å². The lowest BCUT2D eigenvalue weighted by atomic mass is 10.1. The largest absolute Gasteiger partial charge is 0.478 e. The molecule has 0 saturated carbocycles. The number of nitrogens with one attached hydrogen (secondary N) is 1. The van der Waals surface area contributed by atoms with Crippen molar-refractivity contribution < 1.29 is 9.90 Å². The lowest BCUT2D eigenvalue weighted by Gasteiger charge is -2.07. The number of aliphatic carboxylic acids is 1. The molecule has 0 aromatic heterocycles. The Morgan fingerprint density at radius 1 is 1.35 bits per heavy atom. The van der Waals surface area contributed by atoms with Gasteiger partial charge in [0.2, 0.25) is 0 Å². The smallest absolute Gasteiger partial charge is 0.332 e. The second kappa shape index (κ2) is 6.74. The van der Waals surface area contributed by atoms with E-state index in [9.17, 15) is 4.79 Å². The van der Waals surface area contributed by atoms with E-state index in [1.165, 1.54) is 18.4 Å². The van der Waals surface area contributed by atoms with E-state index in [1.807, 2.05) is 12.1 Å². The van der Waals surface area contributed by atoms with Crippen LogP contribution in [0.15, 0.2) is 36.4 Å². The monoisotopic (exact) mass is 233 g/mol. The molecule has 0 amide bonds. The van der Waals surface area contributed by atoms with Crippen LogP contribution in [0, 0.1) is 0 Å². The number of anilines is 1. The zero-order valence-electron chi connectivity index (χ0n) is 10.2. The van der Waals surface area contributed by atoms with Gasteiger partial charge in [0.15, 0.2) is 0 Å². The molecule has 0 fully saturated rings. The van der Waals surface area contributed by atoms with Gasteiger partial charge in [-0.3, -0.25) is 0 Å². The van der Waals surface area contributed by atoms with E-state index in [1.54, 1.807) is 0 Å². The average Bonchev–Trinajstić information content (AvgIpc) is 2.34. The zero-order chi connectivity index (χ0) is 12.7. The standard InChI is InChI=1S/C14H19NO2/c1-3-4-5-12-6-8-13(9-7-12)15-10-11(2)14(16)17/h6-9,15H,2-5,10H2,1H3,(H,16,17). The molecule has 1 aromatic carbocycles. The van der Waals surface area contributed by atoms with Gasteiger partial charge < -0.3 is 10.4 Å². The fourth-order valence-corrected chi connectivity index (χ4v) is 1.45. The van der Waals surface area contributed by atoms with Gasteiger partial charge in [-0.05, 0) is 30.5 Å². The van der Waals surface area contributed by atoms with Gasteiger partial charge in [0.1, 0.15) is 0 Å². The highest BCUT2D eigenvalue weighted by Gasteiger charge is 2.02. The Hall–Kier alpha value is -1.77. The Bertz CT molecular complexity index is 382. The number of carbonyl (C=O) groups is 1. The maximum absolute atomic E-state index is 10.6. The topological polar surface area (TPSA) is 49.3 Å². The first kappa shape index (κ1) is 13.3. The molecule has 0 bridgehead atoms. The third kappa shape index (κ3) is 4.72. The minimum absolute atomic E-state index is 0.167. The number of rotatable bonds is 7. The Morgan fingerprint density at radius 3 is 2.53 bits per heavy atom. The molecule has 0 radical (unpaired) electrons. The Labute approximate surface area is 102 Å². The van der Waals surface area contributed by atoms with E-state index in [2.05, 4.69) is 31.0 Å². The van der Waals surface area contributed by atoms with Crippen molar-refractivity contribution in [1.82, 2.24) is 0 Å². The Morgan fingerprint density at radius 2 is 2.00 bits per heavy atom. The van der Waals surface area contributed by atoms with Gasteiger partial charge in [0.25, 0.3) is 0 Å². The summed E-state index contributed by atoms with van der Waals surface area (Å²) >= 11 is 0. The van der Waals surface area contributed by atoms with Crippen molar-refractivity contribution in [3.05, 3.63) is 42.0 Å². The average molecular weight is 233 g/mol. The number of unbranched alkanes of at least 4 members (excludes halogenated alkanes) is 1. The molecule has 92 valence electrons. The van der Waals surface area contributed by atoms with Crippen molar-refractivity contribution in [3.63, 3.8) is 0 Å². The van der Waals surface area contributed by atoms with E-state index in [-0.39, 0.29) is 12.1 Å². The van der Waals surface area contributed by atoms with Crippen molar-refractivity contribution in [3.8, 4) is 0 Å². The van der Waals surface area contributed by atoms with Crippen molar-refractivity contribution in [2.24, 2.45) is 0 Å². The molecule has 0 aliphatic heterocycles. The second-order valence-electron chi connectivity index (χ2n) is 4.06. The first-order valence-corrected chi connectivity index (χ1v) is 5.87. The lowest BCUT2D eigenvalue weighted by Crippen LogP contribution is -2.11. The fraction of sp³-hybridized carbons (Fsp3) is 0.357. The maximum Gasteiger partial charge on any atom is 0.332 e. The molecule has 3 heteroatoms. The molecule has 17 heavy (non-hydrogen) atoms. The van der Waals surface area contributed by atoms with Crippen molar-refractivity contribution in [2.45, 2.75) is 26.2 Å². The molecule has 0 aliphatic rings. The predicted molar refractivity (Wildman–Crippen MR) is 70.3 cm³/mol. The SMILES string of the molecule is C=C(CNc1ccc(CCCC)cc1)C(=O)O. The molecule has 3 nitrogen and oxygen atoms in total. The second-order valence-corrected chi connectivity index (χ2v) is 4.06. The zero-order valence-corrected chi connectivity index (χ0v) is 10.2. The minimum Gasteiger partial charge on any atom is -0.478 e. The summed E-state index contributed by atoms with van der Waals surface area (Å²) in [6, 6.07) is 8.09. The Balaban J connectivity index is 2.45. The highest BCUT2D eigenvalue weighted by Crippen LogP contribution is 2.12. The van der Waals surface area contributed by atoms with Gasteiger partial charge in [0, 0.05) is 17.8 Å². The van der Waals surface area contributed by atoms with Crippen LogP contribution in [0.2, 0.25) is 0 Å². The van der Waals surface area contributed by atoms with Gasteiger partial charge in [-0.25, -0.2) is 4.79 Å². The highest BCUT2D eigenvalue weighted by molar-refractivity contribution is 5.86. The third-order valence-electron chi connectivity index (χ3n) is 2.58. The number of carboxylic acid groups (broad SMARTS) is 1. The molecule has 0 aliphatic carbocycles. The lowest BCUT2D eigenvalue weighted by molar-refractivity contribution is -0.132. The third-order valence-corrected chi connectivity index (χ3v) is 2.58. The van der Waals surface area contributed by atoms with Crippen LogP contribution in [0.3, 0.4) is 0 Å². The van der Waals surface area contributed by atoms with E-state index in [0.717, 1.165) is 12.1 Å². The first-order chi connectivity index (χ1) is 8.13. The van der Waals surface area contributed by atoms with Crippen LogP contribution >= 0.6 is 0 Å². The summed E-state index contributed by atoms with van der Waals surface area (Å²) in [5.74, 6) is -0.961. The quantitative estimate of drug-likeness (QED) is 0.711. The minimum atomic E-state index is -0.961. The van der Waals surface area contributed by atoms with Gasteiger partial charge in [-0.2, -0.15) is 0 Å². The van der Waals surface area contributed by atoms with Crippen molar-refractivity contribution >= 4 is 11.7 Å². The highest BCUT2D eigenvalue weighted by atomic mass is 16.4. The summed E-state index contributed by atoms with van der Waals surface area (Å²) in [6.45, 7) is 5.91. The molecule has 0 atom stereocenters. The van der Waals surface area contributed by atoms with Gasteiger partial charge >= 0.3 is 5.97 Å². The molecular formula is C14H19NO2. The van der Waals surface area contributed by atoms with Gasteiger partial charge in [-0.15, -0.1) is 0 Å². The maximum atomic E-state index is 10.6. The summed E-state index contributed by atoms with van der Waals surface area (Å²) < 4.78 is 0. The summed E-state index contributed by atoms with van der Waals surface area (Å²) in [4.78, 5) is 10.6. The van der Waals surface area contributed by atoms with Crippen molar-refractivity contribution in [1.29, 1.82) is 0 Å². The summed E-state index contributed by atoms with van der Waals surface area (Å²) in [5, 5.41) is 11.7. The fourth-order valence-electron chi connectivity index (χ4n) is 1.45. The number of benzene rings is 1. The molecule has 0 saturated heterocycles. The van der Waals surface area contributed by atoms with Crippen LogP contribution in [0.5, 0.6) is 0 Å². The van der Waals surface area contributed by atoms with Crippen LogP contribution in [0.25, 0.3) is 0 Å². The summed E-state index contributed by atoms with van der Waals surface area (Å²) in [7, 11) is 0. The van der Waals surface area contributed by atoms with E-state index in [0.29, 0.717) is 0 Å². The molecule has 0 unspecified atom stereocenters. The van der Waals surface area contributed by atoms with E-state index < -0.39 is 5.97 Å². The van der Waals surface area contributed by atoms with Gasteiger partial charge in [-0.1, -0.05) is 32.1 Å². The number of hydrogen-bond acceptors (Lipinski definition) is 2. The molecule has 1 aromatic rings. The first-order valence-electron chi connectivity index (χ1n) is 5.87. The Kier molecular flexibility index (Phi) is 5.27. The normalized spacial score (nSPS) is 9.94. The van der Waals surface area contributed by atoms with E-state index >= 15 is 0 Å². The molecule has 0 spiro atoms. The van der Waals surface area contributed by atoms with Crippen molar-refractivity contribution in [2.75, 3.05) is 11.9 Å². The predicted octanol–water partition coefficient (Wildman–Crippen LogP) is 3.08. The summed E-state index contributed by atoms with van der Waals surface area (Å²) in [6.07, 6.45) is 3.49. The summed E-state index contributed by atoms with van der Waals surface area (Å²) in [5.41, 5.74) is 2.40. The van der Waals surface area contributed by atoms with Crippen LogP contribution < -0.4 is 5.32 Å². The molecular weight excluding hydrogens is 214 g/mol. The molecule has 1 rings (SSSR count). The van der Waals surface area contributed by atoms with Gasteiger partial charge in [0.05, 0.1) is 0 Å². The van der Waals surface area contributed by atoms with Crippen LogP contribution in [0.4, 0.5) is 5.69 Å². The molecule has 2 N–H and O–H groups in total. The number of hydrogen-bond donors (Lipinski definition) is 2. The van der Waals surface area contributed by atoms with Crippen LogP contribution in [-0.2, 0) is 11.2 Å². The number of carboxylic acids is 1.